The number of hydrogen-bond acceptors (Lipinski definition) is 6. The highest BCUT2D eigenvalue weighted by atomic mass is 35.5. The van der Waals surface area contributed by atoms with Gasteiger partial charge in [0.2, 0.25) is 0 Å². The van der Waals surface area contributed by atoms with E-state index in [2.05, 4.69) is 0 Å². The third-order valence-corrected chi connectivity index (χ3v) is 6.17. The van der Waals surface area contributed by atoms with E-state index in [0.29, 0.717) is 5.56 Å². The summed E-state index contributed by atoms with van der Waals surface area (Å²) in [6.45, 7) is 1.97. The molecule has 1 heterocycles. The Bertz CT molecular complexity index is 1410. The van der Waals surface area contributed by atoms with Crippen LogP contribution in [-0.2, 0) is 9.59 Å². The molecule has 7 nitrogen and oxygen atoms in total. The van der Waals surface area contributed by atoms with Gasteiger partial charge in [0, 0.05) is 10.7 Å². The van der Waals surface area contributed by atoms with Gasteiger partial charge in [-0.25, -0.2) is 4.39 Å². The van der Waals surface area contributed by atoms with Gasteiger partial charge >= 0.3 is 0 Å². The van der Waals surface area contributed by atoms with Crippen LogP contribution in [0.1, 0.15) is 24.1 Å². The number of aliphatic hydroxyl groups is 1. The van der Waals surface area contributed by atoms with Crippen LogP contribution in [0, 0.1) is 5.82 Å². The molecule has 186 valence electrons. The van der Waals surface area contributed by atoms with Crippen LogP contribution in [-0.4, -0.2) is 35.6 Å². The molecule has 1 amide bonds. The lowest BCUT2D eigenvalue weighted by Crippen LogP contribution is -2.29. The number of methoxy groups -OCH3 is 1. The van der Waals surface area contributed by atoms with Gasteiger partial charge in [0.1, 0.15) is 17.3 Å². The fourth-order valence-corrected chi connectivity index (χ4v) is 4.38. The van der Waals surface area contributed by atoms with Gasteiger partial charge in [-0.3, -0.25) is 14.5 Å². The largest absolute Gasteiger partial charge is 0.507 e. The lowest BCUT2D eigenvalue weighted by atomic mass is 9.94. The van der Waals surface area contributed by atoms with E-state index in [1.165, 1.54) is 49.6 Å². The average molecular weight is 532 g/mol. The number of hydrogen-bond donors (Lipinski definition) is 2. The van der Waals surface area contributed by atoms with Crippen molar-refractivity contribution in [2.75, 3.05) is 18.6 Å². The van der Waals surface area contributed by atoms with Gasteiger partial charge in [0.25, 0.3) is 11.7 Å². The molecule has 1 aliphatic heterocycles. The quantitative estimate of drug-likeness (QED) is 0.234. The normalized spacial score (nSPS) is 16.9. The molecular weight excluding hydrogens is 512 g/mol. The Hall–Kier alpha value is -3.75. The Morgan fingerprint density at radius 2 is 1.81 bits per heavy atom. The molecule has 0 radical (unpaired) electrons. The maximum absolute atomic E-state index is 13.9. The van der Waals surface area contributed by atoms with Crippen LogP contribution in [0.3, 0.4) is 0 Å². The molecule has 36 heavy (non-hydrogen) atoms. The molecule has 1 saturated heterocycles. The van der Waals surface area contributed by atoms with Crippen molar-refractivity contribution in [1.82, 2.24) is 0 Å². The van der Waals surface area contributed by atoms with E-state index >= 15 is 0 Å². The molecule has 3 aromatic rings. The summed E-state index contributed by atoms with van der Waals surface area (Å²) in [5, 5.41) is 21.5. The van der Waals surface area contributed by atoms with E-state index in [1.807, 2.05) is 0 Å². The van der Waals surface area contributed by atoms with Crippen molar-refractivity contribution in [2.24, 2.45) is 0 Å². The highest BCUT2D eigenvalue weighted by molar-refractivity contribution is 6.52. The van der Waals surface area contributed by atoms with Gasteiger partial charge in [-0.1, -0.05) is 29.3 Å². The molecular formula is C26H20Cl2FNO6. The molecule has 0 bridgehead atoms. The zero-order chi connectivity index (χ0) is 26.1. The predicted octanol–water partition coefficient (Wildman–Crippen LogP) is 5.87. The number of phenols is 1. The average Bonchev–Trinajstić information content (AvgIpc) is 3.12. The number of carbonyl (C=O) groups is 2. The maximum Gasteiger partial charge on any atom is 0.300 e. The molecule has 0 aromatic heterocycles. The predicted molar refractivity (Wildman–Crippen MR) is 133 cm³/mol. The summed E-state index contributed by atoms with van der Waals surface area (Å²) in [5.41, 5.74) is 0.276. The zero-order valence-corrected chi connectivity index (χ0v) is 20.6. The van der Waals surface area contributed by atoms with Crippen molar-refractivity contribution < 1.29 is 33.7 Å². The standard InChI is InChI=1S/C26H20Cl2FNO6/c1-3-36-21-10-13(4-8-19(21)31)23-22(24(32)16-11-14(27)5-9-20(16)35-2)25(33)26(34)30(23)15-6-7-18(29)17(28)12-15/h4-12,23,31-32H,3H2,1-2H3/b24-22+. The molecule has 2 N–H and O–H groups in total. The zero-order valence-electron chi connectivity index (χ0n) is 19.1. The van der Waals surface area contributed by atoms with Gasteiger partial charge < -0.3 is 19.7 Å². The van der Waals surface area contributed by atoms with Crippen LogP contribution in [0.25, 0.3) is 5.76 Å². The Labute approximate surface area is 215 Å². The van der Waals surface area contributed by atoms with E-state index < -0.39 is 29.3 Å². The van der Waals surface area contributed by atoms with E-state index in [1.54, 1.807) is 13.0 Å². The van der Waals surface area contributed by atoms with Gasteiger partial charge in [0.15, 0.2) is 11.5 Å². The second-order valence-electron chi connectivity index (χ2n) is 7.77. The smallest absolute Gasteiger partial charge is 0.300 e. The Morgan fingerprint density at radius 3 is 2.47 bits per heavy atom. The van der Waals surface area contributed by atoms with Crippen molar-refractivity contribution >= 4 is 46.3 Å². The molecule has 0 saturated carbocycles. The number of aromatic hydroxyl groups is 1. The molecule has 3 aromatic carbocycles. The fraction of sp³-hybridized carbons (Fsp3) is 0.154. The number of halogens is 3. The Kier molecular flexibility index (Phi) is 7.10. The van der Waals surface area contributed by atoms with Crippen LogP contribution in [0.5, 0.6) is 17.2 Å². The van der Waals surface area contributed by atoms with Crippen LogP contribution in [0.2, 0.25) is 10.0 Å². The van der Waals surface area contributed by atoms with Crippen LogP contribution in [0.4, 0.5) is 10.1 Å². The van der Waals surface area contributed by atoms with Crippen molar-refractivity contribution in [1.29, 1.82) is 0 Å². The summed E-state index contributed by atoms with van der Waals surface area (Å²) >= 11 is 12.1. The van der Waals surface area contributed by atoms with Gasteiger partial charge in [-0.2, -0.15) is 0 Å². The molecule has 1 unspecified atom stereocenters. The number of ketones is 1. The van der Waals surface area contributed by atoms with E-state index in [4.69, 9.17) is 32.7 Å². The first-order valence-electron chi connectivity index (χ1n) is 10.7. The third kappa shape index (κ3) is 4.45. The van der Waals surface area contributed by atoms with Crippen LogP contribution < -0.4 is 14.4 Å². The minimum Gasteiger partial charge on any atom is -0.507 e. The van der Waals surface area contributed by atoms with Gasteiger partial charge in [0.05, 0.1) is 35.9 Å². The fourth-order valence-electron chi connectivity index (χ4n) is 4.03. The summed E-state index contributed by atoms with van der Waals surface area (Å²) in [5.74, 6) is -3.04. The monoisotopic (exact) mass is 531 g/mol. The SMILES string of the molecule is CCOc1cc(C2/C(=C(\O)c3cc(Cl)ccc3OC)C(=O)C(=O)N2c2ccc(F)c(Cl)c2)ccc1O. The first-order chi connectivity index (χ1) is 17.2. The number of ether oxygens (including phenoxy) is 2. The number of Topliss-reactive ketones (excluding diaryl/α,β-unsaturated/α-hetero) is 1. The topological polar surface area (TPSA) is 96.3 Å². The van der Waals surface area contributed by atoms with E-state index in [-0.39, 0.29) is 50.7 Å². The van der Waals surface area contributed by atoms with Crippen molar-refractivity contribution in [2.45, 2.75) is 13.0 Å². The summed E-state index contributed by atoms with van der Waals surface area (Å²) in [6.07, 6.45) is 0. The van der Waals surface area contributed by atoms with E-state index in [9.17, 15) is 24.2 Å². The molecule has 1 aliphatic rings. The Balaban J connectivity index is 2.01. The molecule has 4 rings (SSSR count). The summed E-state index contributed by atoms with van der Waals surface area (Å²) in [7, 11) is 1.38. The number of aliphatic hydroxyl groups excluding tert-OH is 1. The first-order valence-corrected chi connectivity index (χ1v) is 11.5. The number of amides is 1. The number of carbonyl (C=O) groups excluding carboxylic acids is 2. The summed E-state index contributed by atoms with van der Waals surface area (Å²) < 4.78 is 24.7. The molecule has 0 spiro atoms. The number of rotatable bonds is 6. The van der Waals surface area contributed by atoms with Crippen molar-refractivity contribution in [3.63, 3.8) is 0 Å². The van der Waals surface area contributed by atoms with Crippen LogP contribution >= 0.6 is 23.2 Å². The minimum atomic E-state index is -1.19. The summed E-state index contributed by atoms with van der Waals surface area (Å²) in [4.78, 5) is 27.7. The molecule has 10 heteroatoms. The van der Waals surface area contributed by atoms with Gasteiger partial charge in [-0.05, 0) is 61.0 Å². The van der Waals surface area contributed by atoms with E-state index in [0.717, 1.165) is 11.0 Å². The minimum absolute atomic E-state index is 0.0916. The number of nitrogens with zero attached hydrogens (tertiary/aromatic N) is 1. The van der Waals surface area contributed by atoms with Gasteiger partial charge in [-0.15, -0.1) is 0 Å². The van der Waals surface area contributed by atoms with Crippen molar-refractivity contribution in [3.8, 4) is 17.2 Å². The highest BCUT2D eigenvalue weighted by Gasteiger charge is 2.47. The first kappa shape index (κ1) is 25.3. The Morgan fingerprint density at radius 1 is 1.06 bits per heavy atom. The molecule has 0 aliphatic carbocycles. The number of anilines is 1. The van der Waals surface area contributed by atoms with Crippen molar-refractivity contribution in [3.05, 3.63) is 87.2 Å². The lowest BCUT2D eigenvalue weighted by Gasteiger charge is -2.26. The lowest BCUT2D eigenvalue weighted by molar-refractivity contribution is -0.132. The summed E-state index contributed by atoms with van der Waals surface area (Å²) in [6, 6.07) is 11.1. The highest BCUT2D eigenvalue weighted by Crippen LogP contribution is 2.45. The molecule has 1 fully saturated rings. The number of benzene rings is 3. The van der Waals surface area contributed by atoms with Crippen LogP contribution in [0.15, 0.2) is 60.2 Å². The second-order valence-corrected chi connectivity index (χ2v) is 8.62. The second kappa shape index (κ2) is 10.1. The molecule has 1 atom stereocenters. The number of phenolic OH excluding ortho intramolecular Hbond substituents is 1. The third-order valence-electron chi connectivity index (χ3n) is 5.64. The maximum atomic E-state index is 13.9.